The molecule has 0 heterocycles. The van der Waals surface area contributed by atoms with E-state index in [2.05, 4.69) is 18.7 Å². The summed E-state index contributed by atoms with van der Waals surface area (Å²) < 4.78 is 11.1. The zero-order chi connectivity index (χ0) is 33.2. The highest BCUT2D eigenvalue weighted by Gasteiger charge is 2.15. The minimum absolute atomic E-state index is 0.0433. The zero-order valence-corrected chi connectivity index (χ0v) is 30.5. The van der Waals surface area contributed by atoms with Gasteiger partial charge in [0.05, 0.1) is 13.2 Å². The van der Waals surface area contributed by atoms with E-state index in [4.69, 9.17) is 9.47 Å². The van der Waals surface area contributed by atoms with Gasteiger partial charge in [-0.05, 0) is 46.3 Å². The predicted molar refractivity (Wildman–Crippen MR) is 189 cm³/mol. The highest BCUT2D eigenvalue weighted by atomic mass is 16.6. The highest BCUT2D eigenvalue weighted by Crippen LogP contribution is 2.14. The minimum Gasteiger partial charge on any atom is -0.464 e. The van der Waals surface area contributed by atoms with Gasteiger partial charge in [-0.2, -0.15) is 0 Å². The van der Waals surface area contributed by atoms with Gasteiger partial charge in [0, 0.05) is 19.4 Å². The molecule has 0 aliphatic carbocycles. The van der Waals surface area contributed by atoms with Crippen LogP contribution in [-0.4, -0.2) is 80.0 Å². The lowest BCUT2D eigenvalue weighted by atomic mass is 10.1. The van der Waals surface area contributed by atoms with Gasteiger partial charge in [-0.3, -0.25) is 9.59 Å². The van der Waals surface area contributed by atoms with Crippen molar-refractivity contribution in [2.45, 2.75) is 187 Å². The Kier molecular flexibility index (Phi) is 33.3. The second-order valence-electron chi connectivity index (χ2n) is 13.4. The monoisotopic (exact) mass is 641 g/mol. The summed E-state index contributed by atoms with van der Waals surface area (Å²) in [5.41, 5.74) is 0. The summed E-state index contributed by atoms with van der Waals surface area (Å²) >= 11 is 0. The Morgan fingerprint density at radius 3 is 1.49 bits per heavy atom. The third-order valence-corrected chi connectivity index (χ3v) is 8.68. The maximum atomic E-state index is 12.9. The lowest BCUT2D eigenvalue weighted by Gasteiger charge is -2.24. The van der Waals surface area contributed by atoms with Gasteiger partial charge in [0.1, 0.15) is 6.61 Å². The summed E-state index contributed by atoms with van der Waals surface area (Å²) in [5.74, 6) is -0.133. The van der Waals surface area contributed by atoms with E-state index in [1.54, 1.807) is 4.90 Å². The predicted octanol–water partition coefficient (Wildman–Crippen LogP) is 9.44. The first kappa shape index (κ1) is 43.8. The van der Waals surface area contributed by atoms with Gasteiger partial charge in [0.2, 0.25) is 5.91 Å². The summed E-state index contributed by atoms with van der Waals surface area (Å²) in [7, 11) is 4.00. The third-order valence-electron chi connectivity index (χ3n) is 8.68. The van der Waals surface area contributed by atoms with E-state index in [-0.39, 0.29) is 25.1 Å². The van der Waals surface area contributed by atoms with Crippen LogP contribution in [0, 0.1) is 0 Å². The molecule has 7 nitrogen and oxygen atoms in total. The number of ether oxygens (including phenoxy) is 2. The fourth-order valence-electron chi connectivity index (χ4n) is 5.71. The van der Waals surface area contributed by atoms with Gasteiger partial charge < -0.3 is 24.4 Å². The van der Waals surface area contributed by atoms with Crippen molar-refractivity contribution in [3.63, 3.8) is 0 Å². The number of aliphatic hydroxyl groups is 1. The summed E-state index contributed by atoms with van der Waals surface area (Å²) in [4.78, 5) is 29.0. The smallest absolute Gasteiger partial charge is 0.305 e. The van der Waals surface area contributed by atoms with Crippen molar-refractivity contribution in [2.75, 3.05) is 46.9 Å². The van der Waals surface area contributed by atoms with E-state index >= 15 is 0 Å². The van der Waals surface area contributed by atoms with Crippen LogP contribution in [0.2, 0.25) is 0 Å². The normalized spacial score (nSPS) is 12.1. The van der Waals surface area contributed by atoms with Crippen LogP contribution in [0.3, 0.4) is 0 Å². The Balaban J connectivity index is 4.09. The standard InChI is InChI=1S/C38H76N2O5/c1-5-7-9-11-13-15-17-19-21-23-25-29-37(42)44-34-32-40(36(41)28-27-31-39(3)4)33-35-45-38(43)30-26-24-22-20-18-16-14-12-10-8-6-2/h37,42H,5-35H2,1-4H3. The van der Waals surface area contributed by atoms with Crippen LogP contribution in [0.15, 0.2) is 0 Å². The first-order chi connectivity index (χ1) is 21.9. The van der Waals surface area contributed by atoms with Crippen molar-refractivity contribution in [1.82, 2.24) is 9.80 Å². The second-order valence-corrected chi connectivity index (χ2v) is 13.4. The average molecular weight is 641 g/mol. The van der Waals surface area contributed by atoms with E-state index in [0.717, 1.165) is 38.6 Å². The molecule has 0 radical (unpaired) electrons. The van der Waals surface area contributed by atoms with Gasteiger partial charge in [-0.15, -0.1) is 0 Å². The fourth-order valence-corrected chi connectivity index (χ4v) is 5.71. The van der Waals surface area contributed by atoms with E-state index in [1.807, 2.05) is 14.1 Å². The van der Waals surface area contributed by atoms with Gasteiger partial charge in [0.15, 0.2) is 6.29 Å². The maximum absolute atomic E-state index is 12.9. The molecule has 0 aliphatic heterocycles. The number of aliphatic hydroxyl groups excluding tert-OH is 1. The average Bonchev–Trinajstić information content (AvgIpc) is 3.01. The topological polar surface area (TPSA) is 79.3 Å². The van der Waals surface area contributed by atoms with Crippen molar-refractivity contribution in [3.8, 4) is 0 Å². The molecule has 0 aromatic rings. The molecule has 0 saturated heterocycles. The van der Waals surface area contributed by atoms with Crippen molar-refractivity contribution in [3.05, 3.63) is 0 Å². The summed E-state index contributed by atoms with van der Waals surface area (Å²) in [5, 5.41) is 10.3. The number of nitrogens with zero attached hydrogens (tertiary/aromatic N) is 2. The number of amides is 1. The van der Waals surface area contributed by atoms with Gasteiger partial charge >= 0.3 is 5.97 Å². The Bertz CT molecular complexity index is 646. The first-order valence-corrected chi connectivity index (χ1v) is 19.3. The van der Waals surface area contributed by atoms with E-state index in [1.165, 1.54) is 116 Å². The number of hydrogen-bond donors (Lipinski definition) is 1. The molecule has 0 saturated carbocycles. The second kappa shape index (κ2) is 34.2. The fraction of sp³-hybridized carbons (Fsp3) is 0.947. The van der Waals surface area contributed by atoms with Crippen LogP contribution in [-0.2, 0) is 19.1 Å². The number of carbonyl (C=O) groups excluding carboxylic acids is 2. The van der Waals surface area contributed by atoms with E-state index in [9.17, 15) is 14.7 Å². The lowest BCUT2D eigenvalue weighted by molar-refractivity contribution is -0.147. The molecule has 7 heteroatoms. The van der Waals surface area contributed by atoms with Crippen LogP contribution in [0.1, 0.15) is 181 Å². The van der Waals surface area contributed by atoms with Crippen LogP contribution < -0.4 is 0 Å². The van der Waals surface area contributed by atoms with Crippen molar-refractivity contribution >= 4 is 11.9 Å². The molecule has 1 amide bonds. The molecule has 1 N–H and O–H groups in total. The Morgan fingerprint density at radius 2 is 1.00 bits per heavy atom. The van der Waals surface area contributed by atoms with Gasteiger partial charge in [-0.1, -0.05) is 142 Å². The lowest BCUT2D eigenvalue weighted by Crippen LogP contribution is -2.37. The molecular formula is C38H76N2O5. The zero-order valence-electron chi connectivity index (χ0n) is 30.5. The third kappa shape index (κ3) is 32.5. The van der Waals surface area contributed by atoms with E-state index < -0.39 is 6.29 Å². The number of hydrogen-bond acceptors (Lipinski definition) is 6. The molecule has 0 rings (SSSR count). The quantitative estimate of drug-likeness (QED) is 0.0422. The van der Waals surface area contributed by atoms with Crippen molar-refractivity contribution in [2.24, 2.45) is 0 Å². The molecule has 0 aromatic heterocycles. The molecule has 0 bridgehead atoms. The molecule has 268 valence electrons. The number of unbranched alkanes of at least 4 members (excludes halogenated alkanes) is 20. The van der Waals surface area contributed by atoms with Crippen LogP contribution >= 0.6 is 0 Å². The van der Waals surface area contributed by atoms with Crippen molar-refractivity contribution < 1.29 is 24.2 Å². The Labute approximate surface area is 279 Å². The summed E-state index contributed by atoms with van der Waals surface area (Å²) in [6.45, 7) is 6.61. The number of esters is 1. The molecule has 1 unspecified atom stereocenters. The van der Waals surface area contributed by atoms with Gasteiger partial charge in [-0.25, -0.2) is 0 Å². The Hall–Kier alpha value is -1.18. The molecule has 0 aromatic carbocycles. The molecule has 0 aliphatic rings. The molecular weight excluding hydrogens is 564 g/mol. The first-order valence-electron chi connectivity index (χ1n) is 19.3. The SMILES string of the molecule is CCCCCCCCCCCCCC(=O)OCCN(CCOC(O)CCCCCCCCCCCCC)C(=O)CCCN(C)C. The largest absolute Gasteiger partial charge is 0.464 e. The Morgan fingerprint density at radius 1 is 0.556 bits per heavy atom. The molecule has 0 fully saturated rings. The molecule has 0 spiro atoms. The van der Waals surface area contributed by atoms with Crippen LogP contribution in [0.25, 0.3) is 0 Å². The van der Waals surface area contributed by atoms with E-state index in [0.29, 0.717) is 32.4 Å². The van der Waals surface area contributed by atoms with Gasteiger partial charge in [0.25, 0.3) is 0 Å². The van der Waals surface area contributed by atoms with Crippen LogP contribution in [0.4, 0.5) is 0 Å². The summed E-state index contributed by atoms with van der Waals surface area (Å²) in [6, 6.07) is 0. The minimum atomic E-state index is -0.794. The highest BCUT2D eigenvalue weighted by molar-refractivity contribution is 5.76. The van der Waals surface area contributed by atoms with Crippen molar-refractivity contribution in [1.29, 1.82) is 0 Å². The molecule has 45 heavy (non-hydrogen) atoms. The number of carbonyl (C=O) groups is 2. The molecule has 1 atom stereocenters. The maximum Gasteiger partial charge on any atom is 0.305 e. The summed E-state index contributed by atoms with van der Waals surface area (Å²) in [6.07, 6.45) is 29.3. The van der Waals surface area contributed by atoms with Crippen LogP contribution in [0.5, 0.6) is 0 Å². The number of rotatable bonds is 35.